The van der Waals surface area contributed by atoms with Gasteiger partial charge >= 0.3 is 0 Å². The Balaban J connectivity index is 1.71. The zero-order valence-corrected chi connectivity index (χ0v) is 12.9. The third kappa shape index (κ3) is 4.19. The van der Waals surface area contributed by atoms with E-state index in [1.54, 1.807) is 0 Å². The molecule has 1 saturated carbocycles. The predicted octanol–water partition coefficient (Wildman–Crippen LogP) is 2.07. The summed E-state index contributed by atoms with van der Waals surface area (Å²) in [5, 5.41) is 3.09. The van der Waals surface area contributed by atoms with E-state index in [-0.39, 0.29) is 17.9 Å². The van der Waals surface area contributed by atoms with Crippen LogP contribution >= 0.6 is 0 Å². The van der Waals surface area contributed by atoms with E-state index in [4.69, 9.17) is 10.5 Å². The second-order valence-electron chi connectivity index (χ2n) is 6.76. The molecule has 1 aliphatic carbocycles. The molecule has 116 valence electrons. The van der Waals surface area contributed by atoms with E-state index in [0.717, 1.165) is 38.8 Å². The molecule has 2 fully saturated rings. The van der Waals surface area contributed by atoms with Gasteiger partial charge in [0.2, 0.25) is 5.91 Å². The molecule has 5 atom stereocenters. The van der Waals surface area contributed by atoms with Crippen molar-refractivity contribution >= 4 is 5.91 Å². The van der Waals surface area contributed by atoms with Crippen molar-refractivity contribution in [3.8, 4) is 0 Å². The van der Waals surface area contributed by atoms with Crippen LogP contribution in [0.1, 0.15) is 52.4 Å². The quantitative estimate of drug-likeness (QED) is 0.829. The Morgan fingerprint density at radius 1 is 1.25 bits per heavy atom. The van der Waals surface area contributed by atoms with Crippen LogP contribution in [-0.2, 0) is 9.53 Å². The van der Waals surface area contributed by atoms with Crippen LogP contribution in [0, 0.1) is 17.8 Å². The van der Waals surface area contributed by atoms with Gasteiger partial charge < -0.3 is 15.8 Å². The molecule has 5 unspecified atom stereocenters. The number of hydrogen-bond donors (Lipinski definition) is 2. The molecule has 2 aliphatic rings. The number of hydrogen-bond acceptors (Lipinski definition) is 3. The summed E-state index contributed by atoms with van der Waals surface area (Å²) >= 11 is 0. The standard InChI is InChI=1S/C16H30N2O2/c1-11-9-12(2)15(17)10-14(11)16(19)18-7-6-13-5-3-4-8-20-13/h11-15H,3-10,17H2,1-2H3,(H,18,19). The van der Waals surface area contributed by atoms with E-state index in [9.17, 15) is 4.79 Å². The van der Waals surface area contributed by atoms with Gasteiger partial charge in [0.25, 0.3) is 0 Å². The minimum atomic E-state index is 0.0912. The van der Waals surface area contributed by atoms with Crippen molar-refractivity contribution in [2.45, 2.75) is 64.5 Å². The Hall–Kier alpha value is -0.610. The molecule has 4 heteroatoms. The Morgan fingerprint density at radius 3 is 2.75 bits per heavy atom. The highest BCUT2D eigenvalue weighted by Gasteiger charge is 2.34. The first-order chi connectivity index (χ1) is 9.58. The fraction of sp³-hybridized carbons (Fsp3) is 0.938. The average molecular weight is 282 g/mol. The van der Waals surface area contributed by atoms with Crippen LogP contribution in [0.4, 0.5) is 0 Å². The first-order valence-corrected chi connectivity index (χ1v) is 8.22. The largest absolute Gasteiger partial charge is 0.378 e. The van der Waals surface area contributed by atoms with Gasteiger partial charge in [0, 0.05) is 25.1 Å². The zero-order chi connectivity index (χ0) is 14.5. The average Bonchev–Trinajstić information content (AvgIpc) is 2.44. The number of amides is 1. The van der Waals surface area contributed by atoms with E-state index >= 15 is 0 Å². The van der Waals surface area contributed by atoms with Crippen molar-refractivity contribution in [3.63, 3.8) is 0 Å². The summed E-state index contributed by atoms with van der Waals surface area (Å²) in [6.45, 7) is 5.98. The number of carbonyl (C=O) groups excluding carboxylic acids is 1. The summed E-state index contributed by atoms with van der Waals surface area (Å²) in [6.07, 6.45) is 6.74. The van der Waals surface area contributed by atoms with E-state index < -0.39 is 0 Å². The summed E-state index contributed by atoms with van der Waals surface area (Å²) in [5.41, 5.74) is 6.11. The summed E-state index contributed by atoms with van der Waals surface area (Å²) in [5.74, 6) is 1.25. The van der Waals surface area contributed by atoms with E-state index in [0.29, 0.717) is 17.9 Å². The van der Waals surface area contributed by atoms with Crippen molar-refractivity contribution in [1.82, 2.24) is 5.32 Å². The van der Waals surface area contributed by atoms with Gasteiger partial charge in [0.15, 0.2) is 0 Å². The molecule has 4 nitrogen and oxygen atoms in total. The van der Waals surface area contributed by atoms with Crippen molar-refractivity contribution in [1.29, 1.82) is 0 Å². The van der Waals surface area contributed by atoms with Gasteiger partial charge in [0.1, 0.15) is 0 Å². The van der Waals surface area contributed by atoms with Gasteiger partial charge in [-0.15, -0.1) is 0 Å². The van der Waals surface area contributed by atoms with Gasteiger partial charge in [-0.05, 0) is 50.4 Å². The molecular formula is C16H30N2O2. The maximum atomic E-state index is 12.3. The van der Waals surface area contributed by atoms with Gasteiger partial charge in [-0.2, -0.15) is 0 Å². The minimum Gasteiger partial charge on any atom is -0.378 e. The molecule has 0 aromatic rings. The molecule has 20 heavy (non-hydrogen) atoms. The van der Waals surface area contributed by atoms with E-state index in [1.165, 1.54) is 12.8 Å². The number of ether oxygens (including phenoxy) is 1. The van der Waals surface area contributed by atoms with Crippen LogP contribution in [0.3, 0.4) is 0 Å². The van der Waals surface area contributed by atoms with Crippen molar-refractivity contribution < 1.29 is 9.53 Å². The second-order valence-corrected chi connectivity index (χ2v) is 6.76. The van der Waals surface area contributed by atoms with Crippen molar-refractivity contribution in [2.24, 2.45) is 23.5 Å². The van der Waals surface area contributed by atoms with Crippen LogP contribution in [0.2, 0.25) is 0 Å². The molecule has 0 aromatic heterocycles. The number of nitrogens with two attached hydrogens (primary N) is 1. The first kappa shape index (κ1) is 15.8. The normalized spacial score (nSPS) is 38.5. The molecule has 0 aromatic carbocycles. The van der Waals surface area contributed by atoms with Crippen LogP contribution in [0.15, 0.2) is 0 Å². The van der Waals surface area contributed by atoms with Crippen molar-refractivity contribution in [2.75, 3.05) is 13.2 Å². The lowest BCUT2D eigenvalue weighted by molar-refractivity contribution is -0.128. The molecule has 1 heterocycles. The molecule has 1 amide bonds. The van der Waals surface area contributed by atoms with Crippen molar-refractivity contribution in [3.05, 3.63) is 0 Å². The highest BCUT2D eigenvalue weighted by atomic mass is 16.5. The van der Waals surface area contributed by atoms with Gasteiger partial charge in [-0.25, -0.2) is 0 Å². The van der Waals surface area contributed by atoms with Crippen LogP contribution in [0.5, 0.6) is 0 Å². The van der Waals surface area contributed by atoms with Gasteiger partial charge in [-0.3, -0.25) is 4.79 Å². The Bertz CT molecular complexity index is 316. The molecule has 0 spiro atoms. The minimum absolute atomic E-state index is 0.0912. The Morgan fingerprint density at radius 2 is 2.05 bits per heavy atom. The monoisotopic (exact) mass is 282 g/mol. The molecule has 0 bridgehead atoms. The summed E-state index contributed by atoms with van der Waals surface area (Å²) in [4.78, 5) is 12.3. The smallest absolute Gasteiger partial charge is 0.223 e. The lowest BCUT2D eigenvalue weighted by Gasteiger charge is -2.36. The molecule has 0 radical (unpaired) electrons. The summed E-state index contributed by atoms with van der Waals surface area (Å²) in [6, 6.07) is 0.170. The fourth-order valence-electron chi connectivity index (χ4n) is 3.57. The van der Waals surface area contributed by atoms with E-state index in [2.05, 4.69) is 19.2 Å². The zero-order valence-electron chi connectivity index (χ0n) is 12.9. The lowest BCUT2D eigenvalue weighted by Crippen LogP contribution is -2.45. The maximum absolute atomic E-state index is 12.3. The maximum Gasteiger partial charge on any atom is 0.223 e. The SMILES string of the molecule is CC1CC(C)C(C(=O)NCCC2CCCCO2)CC1N. The van der Waals surface area contributed by atoms with Gasteiger partial charge in [0.05, 0.1) is 6.10 Å². The predicted molar refractivity (Wildman–Crippen MR) is 80.2 cm³/mol. The molecule has 1 saturated heterocycles. The fourth-order valence-corrected chi connectivity index (χ4v) is 3.57. The summed E-state index contributed by atoms with van der Waals surface area (Å²) in [7, 11) is 0. The molecule has 1 aliphatic heterocycles. The van der Waals surface area contributed by atoms with E-state index in [1.807, 2.05) is 0 Å². The van der Waals surface area contributed by atoms with Gasteiger partial charge in [-0.1, -0.05) is 13.8 Å². The van der Waals surface area contributed by atoms with Crippen LogP contribution < -0.4 is 11.1 Å². The molecular weight excluding hydrogens is 252 g/mol. The Labute approximate surface area is 122 Å². The lowest BCUT2D eigenvalue weighted by atomic mass is 9.72. The third-order valence-corrected chi connectivity index (χ3v) is 5.06. The van der Waals surface area contributed by atoms with Crippen LogP contribution in [0.25, 0.3) is 0 Å². The molecule has 3 N–H and O–H groups in total. The third-order valence-electron chi connectivity index (χ3n) is 5.06. The highest BCUT2D eigenvalue weighted by Crippen LogP contribution is 2.32. The number of carbonyl (C=O) groups is 1. The van der Waals surface area contributed by atoms with Crippen LogP contribution in [-0.4, -0.2) is 31.2 Å². The number of rotatable bonds is 4. The Kier molecular flexibility index (Phi) is 5.85. The second kappa shape index (κ2) is 7.41. The number of nitrogens with one attached hydrogen (secondary N) is 1. The molecule has 2 rings (SSSR count). The topological polar surface area (TPSA) is 64.3 Å². The summed E-state index contributed by atoms with van der Waals surface area (Å²) < 4.78 is 5.69. The highest BCUT2D eigenvalue weighted by molar-refractivity contribution is 5.79. The first-order valence-electron chi connectivity index (χ1n) is 8.22.